The summed E-state index contributed by atoms with van der Waals surface area (Å²) in [5.74, 6) is -1.01. The van der Waals surface area contributed by atoms with Crippen LogP contribution in [0.2, 0.25) is 0 Å². The van der Waals surface area contributed by atoms with E-state index in [0.29, 0.717) is 18.4 Å². The van der Waals surface area contributed by atoms with Crippen molar-refractivity contribution >= 4 is 22.6 Å². The van der Waals surface area contributed by atoms with Crippen molar-refractivity contribution in [1.82, 2.24) is 0 Å². The van der Waals surface area contributed by atoms with Gasteiger partial charge in [0.05, 0.1) is 11.1 Å². The van der Waals surface area contributed by atoms with Gasteiger partial charge >= 0.3 is 0 Å². The first-order valence-corrected chi connectivity index (χ1v) is 6.63. The highest BCUT2D eigenvalue weighted by Crippen LogP contribution is 2.23. The molecule has 1 aliphatic rings. The van der Waals surface area contributed by atoms with E-state index < -0.39 is 11.1 Å². The van der Waals surface area contributed by atoms with Crippen molar-refractivity contribution in [1.29, 1.82) is 0 Å². The first-order valence-electron chi connectivity index (χ1n) is 6.25. The van der Waals surface area contributed by atoms with Crippen molar-refractivity contribution in [3.8, 4) is 0 Å². The van der Waals surface area contributed by atoms with Gasteiger partial charge in [-0.3, -0.25) is 9.59 Å². The van der Waals surface area contributed by atoms with E-state index in [1.54, 1.807) is 12.1 Å². The fourth-order valence-corrected chi connectivity index (χ4v) is 2.24. The van der Waals surface area contributed by atoms with Crippen molar-refractivity contribution in [3.05, 3.63) is 70.8 Å². The molecule has 1 aliphatic carbocycles. The number of carbonyl (C=O) groups is 2. The highest BCUT2D eigenvalue weighted by molar-refractivity contribution is 6.67. The standard InChI is InChI=1S/C9H7FO.C7H4ClFO/c10-7-3-1-2-6-4-5-8(11)9(6)7;8-7(10)5-3-1-2-4-6(5)9/h1-3H,4-5H2;1-4H. The molecule has 21 heavy (non-hydrogen) atoms. The Morgan fingerprint density at radius 3 is 2.19 bits per heavy atom. The molecule has 0 saturated heterocycles. The van der Waals surface area contributed by atoms with Crippen LogP contribution < -0.4 is 0 Å². The van der Waals surface area contributed by atoms with Gasteiger partial charge in [0.1, 0.15) is 11.6 Å². The van der Waals surface area contributed by atoms with Crippen molar-refractivity contribution in [2.75, 3.05) is 0 Å². The largest absolute Gasteiger partial charge is 0.294 e. The second kappa shape index (κ2) is 6.59. The summed E-state index contributed by atoms with van der Waals surface area (Å²) in [5.41, 5.74) is 1.09. The predicted molar refractivity (Wildman–Crippen MR) is 75.6 cm³/mol. The van der Waals surface area contributed by atoms with Crippen LogP contribution in [0.3, 0.4) is 0 Å². The Labute approximate surface area is 125 Å². The lowest BCUT2D eigenvalue weighted by Crippen LogP contribution is -1.95. The second-order valence-electron chi connectivity index (χ2n) is 4.45. The van der Waals surface area contributed by atoms with Gasteiger partial charge in [0.15, 0.2) is 5.78 Å². The van der Waals surface area contributed by atoms with E-state index in [0.717, 1.165) is 5.56 Å². The monoisotopic (exact) mass is 308 g/mol. The molecule has 0 fully saturated rings. The Hall–Kier alpha value is -2.07. The lowest BCUT2D eigenvalue weighted by Gasteiger charge is -1.96. The summed E-state index contributed by atoms with van der Waals surface area (Å²) in [5, 5.41) is -0.766. The van der Waals surface area contributed by atoms with E-state index in [1.165, 1.54) is 24.3 Å². The minimum atomic E-state index is -0.766. The van der Waals surface area contributed by atoms with Crippen LogP contribution in [0.1, 0.15) is 32.7 Å². The van der Waals surface area contributed by atoms with Crippen LogP contribution in [0.25, 0.3) is 0 Å². The van der Waals surface area contributed by atoms with Gasteiger partial charge < -0.3 is 0 Å². The molecule has 0 aliphatic heterocycles. The maximum absolute atomic E-state index is 12.9. The van der Waals surface area contributed by atoms with Crippen LogP contribution in [0.15, 0.2) is 42.5 Å². The number of Topliss-reactive ketones (excluding diaryl/α,β-unsaturated/α-hetero) is 1. The predicted octanol–water partition coefficient (Wildman–Crippen LogP) is 4.16. The van der Waals surface area contributed by atoms with Crippen LogP contribution in [-0.4, -0.2) is 11.0 Å². The summed E-state index contributed by atoms with van der Waals surface area (Å²) in [4.78, 5) is 21.4. The number of aryl methyl sites for hydroxylation is 1. The number of ketones is 1. The molecule has 0 saturated carbocycles. The molecule has 0 bridgehead atoms. The van der Waals surface area contributed by atoms with Gasteiger partial charge in [-0.15, -0.1) is 0 Å². The highest BCUT2D eigenvalue weighted by Gasteiger charge is 2.22. The quantitative estimate of drug-likeness (QED) is 0.741. The zero-order chi connectivity index (χ0) is 15.4. The van der Waals surface area contributed by atoms with Crippen LogP contribution in [0.4, 0.5) is 8.78 Å². The third-order valence-electron chi connectivity index (χ3n) is 3.09. The molecule has 2 aromatic carbocycles. The Morgan fingerprint density at radius 1 is 0.952 bits per heavy atom. The number of benzene rings is 2. The van der Waals surface area contributed by atoms with Gasteiger partial charge in [-0.1, -0.05) is 24.3 Å². The molecule has 0 spiro atoms. The van der Waals surface area contributed by atoms with E-state index in [-0.39, 0.29) is 17.2 Å². The molecular formula is C16H11ClF2O2. The van der Waals surface area contributed by atoms with Crippen molar-refractivity contribution in [3.63, 3.8) is 0 Å². The average Bonchev–Trinajstić information content (AvgIpc) is 2.83. The average molecular weight is 309 g/mol. The van der Waals surface area contributed by atoms with Gasteiger partial charge in [0, 0.05) is 6.42 Å². The maximum Gasteiger partial charge on any atom is 0.255 e. The molecule has 0 amide bonds. The maximum atomic E-state index is 12.9. The van der Waals surface area contributed by atoms with Crippen molar-refractivity contribution in [2.24, 2.45) is 0 Å². The minimum absolute atomic E-state index is 0.0573. The number of fused-ring (bicyclic) bond motifs is 1. The molecule has 5 heteroatoms. The lowest BCUT2D eigenvalue weighted by molar-refractivity contribution is 0.0990. The Bertz CT molecular complexity index is 698. The van der Waals surface area contributed by atoms with Crippen LogP contribution >= 0.6 is 11.6 Å². The third kappa shape index (κ3) is 3.52. The van der Waals surface area contributed by atoms with Gasteiger partial charge in [-0.2, -0.15) is 0 Å². The van der Waals surface area contributed by atoms with E-state index in [2.05, 4.69) is 0 Å². The molecule has 3 rings (SSSR count). The van der Waals surface area contributed by atoms with Crippen LogP contribution in [-0.2, 0) is 6.42 Å². The summed E-state index contributed by atoms with van der Waals surface area (Å²) in [7, 11) is 0. The molecule has 0 atom stereocenters. The van der Waals surface area contributed by atoms with Gasteiger partial charge in [-0.05, 0) is 41.8 Å². The van der Waals surface area contributed by atoms with Gasteiger partial charge in [0.25, 0.3) is 5.24 Å². The molecule has 108 valence electrons. The Balaban J connectivity index is 0.000000155. The van der Waals surface area contributed by atoms with Crippen LogP contribution in [0.5, 0.6) is 0 Å². The summed E-state index contributed by atoms with van der Waals surface area (Å²) >= 11 is 5.03. The zero-order valence-electron chi connectivity index (χ0n) is 10.9. The Kier molecular flexibility index (Phi) is 4.81. The number of hydrogen-bond donors (Lipinski definition) is 0. The van der Waals surface area contributed by atoms with Crippen molar-refractivity contribution in [2.45, 2.75) is 12.8 Å². The van der Waals surface area contributed by atoms with E-state index in [1.807, 2.05) is 6.07 Å². The summed E-state index contributed by atoms with van der Waals surface area (Å²) in [6, 6.07) is 10.4. The first-order chi connectivity index (χ1) is 10.0. The molecule has 0 aromatic heterocycles. The smallest absolute Gasteiger partial charge is 0.255 e. The molecular weight excluding hydrogens is 298 g/mol. The topological polar surface area (TPSA) is 34.1 Å². The zero-order valence-corrected chi connectivity index (χ0v) is 11.7. The number of hydrogen-bond acceptors (Lipinski definition) is 2. The first kappa shape index (κ1) is 15.3. The molecule has 2 nitrogen and oxygen atoms in total. The van der Waals surface area contributed by atoms with E-state index in [9.17, 15) is 18.4 Å². The van der Waals surface area contributed by atoms with Crippen LogP contribution in [0, 0.1) is 11.6 Å². The minimum Gasteiger partial charge on any atom is -0.294 e. The van der Waals surface area contributed by atoms with Gasteiger partial charge in [0.2, 0.25) is 0 Å². The molecule has 0 radical (unpaired) electrons. The van der Waals surface area contributed by atoms with E-state index in [4.69, 9.17) is 11.6 Å². The normalized spacial score (nSPS) is 12.4. The van der Waals surface area contributed by atoms with Gasteiger partial charge in [-0.25, -0.2) is 8.78 Å². The third-order valence-corrected chi connectivity index (χ3v) is 3.29. The fourth-order valence-electron chi connectivity index (χ4n) is 2.08. The fraction of sp³-hybridized carbons (Fsp3) is 0.125. The lowest BCUT2D eigenvalue weighted by atomic mass is 10.1. The molecule has 0 heterocycles. The number of halogens is 3. The number of rotatable bonds is 1. The summed E-state index contributed by atoms with van der Waals surface area (Å²) < 4.78 is 25.5. The molecule has 2 aromatic rings. The molecule has 0 unspecified atom stereocenters. The SMILES string of the molecule is O=C(Cl)c1ccccc1F.O=C1CCc2cccc(F)c21. The van der Waals surface area contributed by atoms with E-state index >= 15 is 0 Å². The molecule has 0 N–H and O–H groups in total. The highest BCUT2D eigenvalue weighted by atomic mass is 35.5. The summed E-state index contributed by atoms with van der Waals surface area (Å²) in [6.45, 7) is 0. The summed E-state index contributed by atoms with van der Waals surface area (Å²) in [6.07, 6.45) is 1.17. The second-order valence-corrected chi connectivity index (χ2v) is 4.79. The Morgan fingerprint density at radius 2 is 1.62 bits per heavy atom. The number of carbonyl (C=O) groups excluding carboxylic acids is 2. The van der Waals surface area contributed by atoms with Crippen molar-refractivity contribution < 1.29 is 18.4 Å².